The van der Waals surface area contributed by atoms with Gasteiger partial charge in [0.2, 0.25) is 11.5 Å². The van der Waals surface area contributed by atoms with Crippen LogP contribution in [0.25, 0.3) is 0 Å². The minimum atomic E-state index is -0.722. The Labute approximate surface area is 174 Å². The van der Waals surface area contributed by atoms with E-state index in [0.717, 1.165) is 22.8 Å². The molecule has 0 unspecified atom stereocenters. The van der Waals surface area contributed by atoms with Crippen LogP contribution in [0, 0.1) is 0 Å². The van der Waals surface area contributed by atoms with E-state index < -0.39 is 11.9 Å². The van der Waals surface area contributed by atoms with Gasteiger partial charge in [0.1, 0.15) is 24.6 Å². The van der Waals surface area contributed by atoms with Crippen LogP contribution in [0.1, 0.15) is 26.6 Å². The number of nitrogens with zero attached hydrogens (tertiary/aromatic N) is 4. The molecule has 29 heavy (non-hydrogen) atoms. The van der Waals surface area contributed by atoms with Crippen molar-refractivity contribution in [2.45, 2.75) is 32.2 Å². The second kappa shape index (κ2) is 8.78. The normalized spacial score (nSPS) is 21.4. The summed E-state index contributed by atoms with van der Waals surface area (Å²) in [7, 11) is 0. The Balaban J connectivity index is 1.71. The standard InChI is InChI=1S/C16H20N6O5S2/c1-4-27-20-10(12-19-16(17)29-21-12)13(24)18-11-14(25)22-7(2)9(5-26-8(3)23)6-28-15(11)22/h11,15H,4-6H2,1-3H3,(H,18,24)(H2,17,19,21)/t11-,15-/m1/s1. The molecule has 2 atom stereocenters. The predicted octanol–water partition coefficient (Wildman–Crippen LogP) is 0.0979. The molecule has 0 radical (unpaired) electrons. The van der Waals surface area contributed by atoms with Gasteiger partial charge in [0.15, 0.2) is 5.13 Å². The summed E-state index contributed by atoms with van der Waals surface area (Å²) < 4.78 is 9.02. The first kappa shape index (κ1) is 21.0. The number of ether oxygens (including phenoxy) is 1. The third-order valence-electron chi connectivity index (χ3n) is 4.23. The van der Waals surface area contributed by atoms with Crippen molar-refractivity contribution >= 4 is 51.9 Å². The summed E-state index contributed by atoms with van der Waals surface area (Å²) in [6, 6.07) is -0.722. The maximum Gasteiger partial charge on any atom is 0.302 e. The number of oxime groups is 1. The maximum absolute atomic E-state index is 12.7. The lowest BCUT2D eigenvalue weighted by Gasteiger charge is -2.50. The van der Waals surface area contributed by atoms with Crippen molar-refractivity contribution in [3.8, 4) is 0 Å². The molecule has 0 aliphatic carbocycles. The van der Waals surface area contributed by atoms with Gasteiger partial charge in [-0.05, 0) is 19.4 Å². The van der Waals surface area contributed by atoms with E-state index in [1.165, 1.54) is 18.7 Å². The molecule has 2 amide bonds. The molecular weight excluding hydrogens is 420 g/mol. The first-order valence-corrected chi connectivity index (χ1v) is 10.5. The zero-order chi connectivity index (χ0) is 21.1. The van der Waals surface area contributed by atoms with Gasteiger partial charge in [-0.3, -0.25) is 19.3 Å². The number of carbonyl (C=O) groups excluding carboxylic acids is 3. The molecule has 1 fully saturated rings. The largest absolute Gasteiger partial charge is 0.461 e. The number of β-lactam (4-membered cyclic amide) rings is 1. The predicted molar refractivity (Wildman–Crippen MR) is 107 cm³/mol. The van der Waals surface area contributed by atoms with Crippen LogP contribution in [-0.2, 0) is 24.0 Å². The molecule has 0 saturated carbocycles. The number of thioether (sulfide) groups is 1. The monoisotopic (exact) mass is 440 g/mol. The van der Waals surface area contributed by atoms with Gasteiger partial charge in [0.05, 0.1) is 0 Å². The molecule has 1 aromatic heterocycles. The number of nitrogens with two attached hydrogens (primary N) is 1. The SMILES string of the molecule is CCON=C(C(=O)N[C@@H]1C(=O)N2C(C)=C(COC(C)=O)CS[C@H]12)c1nsc(N)n1. The molecule has 156 valence electrons. The molecule has 11 nitrogen and oxygen atoms in total. The van der Waals surface area contributed by atoms with Gasteiger partial charge in [0, 0.05) is 29.9 Å². The lowest BCUT2D eigenvalue weighted by Crippen LogP contribution is -2.70. The molecule has 3 N–H and O–H groups in total. The number of nitrogens with one attached hydrogen (secondary N) is 1. The van der Waals surface area contributed by atoms with E-state index in [-0.39, 0.29) is 47.1 Å². The highest BCUT2D eigenvalue weighted by atomic mass is 32.2. The number of esters is 1. The number of hydrogen-bond donors (Lipinski definition) is 2. The summed E-state index contributed by atoms with van der Waals surface area (Å²) in [4.78, 5) is 46.9. The van der Waals surface area contributed by atoms with E-state index in [1.54, 1.807) is 18.7 Å². The zero-order valence-electron chi connectivity index (χ0n) is 16.0. The van der Waals surface area contributed by atoms with Gasteiger partial charge in [-0.2, -0.15) is 9.36 Å². The summed E-state index contributed by atoms with van der Waals surface area (Å²) in [6.07, 6.45) is 0. The topological polar surface area (TPSA) is 149 Å². The van der Waals surface area contributed by atoms with Crippen molar-refractivity contribution in [1.29, 1.82) is 0 Å². The highest BCUT2D eigenvalue weighted by molar-refractivity contribution is 8.00. The molecule has 3 heterocycles. The third-order valence-corrected chi connectivity index (χ3v) is 6.12. The quantitative estimate of drug-likeness (QED) is 0.260. The van der Waals surface area contributed by atoms with Crippen molar-refractivity contribution in [2.24, 2.45) is 5.16 Å². The van der Waals surface area contributed by atoms with E-state index >= 15 is 0 Å². The second-order valence-electron chi connectivity index (χ2n) is 6.14. The fraction of sp³-hybridized carbons (Fsp3) is 0.500. The number of amides is 2. The molecule has 3 rings (SSSR count). The van der Waals surface area contributed by atoms with Crippen molar-refractivity contribution < 1.29 is 24.0 Å². The van der Waals surface area contributed by atoms with Crippen LogP contribution in [0.3, 0.4) is 0 Å². The lowest BCUT2D eigenvalue weighted by atomic mass is 10.0. The number of allylic oxidation sites excluding steroid dienone is 1. The number of fused-ring (bicyclic) bond motifs is 1. The van der Waals surface area contributed by atoms with Crippen LogP contribution in [-0.4, -0.2) is 68.1 Å². The molecular formula is C16H20N6O5S2. The Morgan fingerprint density at radius 3 is 2.83 bits per heavy atom. The number of aromatic nitrogens is 2. The van der Waals surface area contributed by atoms with E-state index in [2.05, 4.69) is 19.8 Å². The molecule has 0 spiro atoms. The average Bonchev–Trinajstić information content (AvgIpc) is 3.10. The third kappa shape index (κ3) is 4.34. The van der Waals surface area contributed by atoms with Gasteiger partial charge in [-0.25, -0.2) is 0 Å². The fourth-order valence-corrected chi connectivity index (χ4v) is 4.66. The summed E-state index contributed by atoms with van der Waals surface area (Å²) in [5.41, 5.74) is 7.04. The molecule has 13 heteroatoms. The van der Waals surface area contributed by atoms with Crippen LogP contribution >= 0.6 is 23.3 Å². The number of nitrogen functional groups attached to an aromatic ring is 1. The number of hydrogen-bond acceptors (Lipinski definition) is 11. The Kier molecular flexibility index (Phi) is 6.37. The summed E-state index contributed by atoms with van der Waals surface area (Å²) in [5.74, 6) is -0.630. The highest BCUT2D eigenvalue weighted by Crippen LogP contribution is 2.40. The van der Waals surface area contributed by atoms with Crippen molar-refractivity contribution in [1.82, 2.24) is 19.6 Å². The molecule has 0 bridgehead atoms. The Morgan fingerprint density at radius 2 is 2.21 bits per heavy atom. The van der Waals surface area contributed by atoms with Crippen LogP contribution in [0.15, 0.2) is 16.4 Å². The number of rotatable bonds is 7. The molecule has 1 aromatic rings. The van der Waals surface area contributed by atoms with Gasteiger partial charge in [-0.1, -0.05) is 5.16 Å². The summed E-state index contributed by atoms with van der Waals surface area (Å²) in [6.45, 7) is 5.24. The fourth-order valence-electron chi connectivity index (χ4n) is 2.77. The maximum atomic E-state index is 12.7. The first-order chi connectivity index (χ1) is 13.8. The van der Waals surface area contributed by atoms with Gasteiger partial charge < -0.3 is 20.6 Å². The van der Waals surface area contributed by atoms with Crippen LogP contribution in [0.5, 0.6) is 0 Å². The summed E-state index contributed by atoms with van der Waals surface area (Å²) in [5, 5.41) is 6.39. The van der Waals surface area contributed by atoms with E-state index in [0.29, 0.717) is 5.75 Å². The average molecular weight is 441 g/mol. The number of carbonyl (C=O) groups is 3. The first-order valence-electron chi connectivity index (χ1n) is 8.70. The molecule has 0 aromatic carbocycles. The lowest BCUT2D eigenvalue weighted by molar-refractivity contribution is -0.145. The zero-order valence-corrected chi connectivity index (χ0v) is 17.6. The van der Waals surface area contributed by atoms with Crippen molar-refractivity contribution in [3.63, 3.8) is 0 Å². The van der Waals surface area contributed by atoms with Gasteiger partial charge in [0.25, 0.3) is 11.8 Å². The van der Waals surface area contributed by atoms with E-state index in [1.807, 2.05) is 0 Å². The Hall–Kier alpha value is -2.67. The molecule has 2 aliphatic heterocycles. The minimum absolute atomic E-state index is 0.0399. The Bertz CT molecular complexity index is 898. The Morgan fingerprint density at radius 1 is 1.45 bits per heavy atom. The second-order valence-corrected chi connectivity index (χ2v) is 8.03. The van der Waals surface area contributed by atoms with Crippen molar-refractivity contribution in [3.05, 3.63) is 17.1 Å². The van der Waals surface area contributed by atoms with Crippen LogP contribution in [0.2, 0.25) is 0 Å². The van der Waals surface area contributed by atoms with Crippen molar-refractivity contribution in [2.75, 3.05) is 24.7 Å². The molecule has 1 saturated heterocycles. The van der Waals surface area contributed by atoms with Crippen LogP contribution in [0.4, 0.5) is 5.13 Å². The summed E-state index contributed by atoms with van der Waals surface area (Å²) >= 11 is 2.41. The highest BCUT2D eigenvalue weighted by Gasteiger charge is 2.52. The van der Waals surface area contributed by atoms with Gasteiger partial charge in [-0.15, -0.1) is 11.8 Å². The minimum Gasteiger partial charge on any atom is -0.461 e. The van der Waals surface area contributed by atoms with E-state index in [4.69, 9.17) is 15.3 Å². The van der Waals surface area contributed by atoms with Crippen LogP contribution < -0.4 is 11.1 Å². The van der Waals surface area contributed by atoms with Gasteiger partial charge >= 0.3 is 5.97 Å². The van der Waals surface area contributed by atoms with E-state index in [9.17, 15) is 14.4 Å². The molecule has 2 aliphatic rings. The smallest absolute Gasteiger partial charge is 0.302 e. The number of anilines is 1.